The van der Waals surface area contributed by atoms with Crippen LogP contribution in [-0.4, -0.2) is 40.0 Å². The SMILES string of the molecule is CC1(C(=O)O)CCCN(C(=O)c2ccc3ccc(Cl)cc3n2)C1. The molecule has 1 amide bonds. The Morgan fingerprint density at radius 3 is 2.78 bits per heavy atom. The van der Waals surface area contributed by atoms with Crippen molar-refractivity contribution < 1.29 is 14.7 Å². The van der Waals surface area contributed by atoms with Gasteiger partial charge in [0.05, 0.1) is 10.9 Å². The van der Waals surface area contributed by atoms with Gasteiger partial charge in [0, 0.05) is 23.5 Å². The molecule has 0 aliphatic carbocycles. The normalized spacial score (nSPS) is 21.4. The number of carboxylic acid groups (broad SMARTS) is 1. The van der Waals surface area contributed by atoms with Crippen LogP contribution in [0.2, 0.25) is 5.02 Å². The van der Waals surface area contributed by atoms with E-state index in [0.29, 0.717) is 35.6 Å². The quantitative estimate of drug-likeness (QED) is 0.916. The molecule has 0 radical (unpaired) electrons. The van der Waals surface area contributed by atoms with Crippen LogP contribution in [0.15, 0.2) is 30.3 Å². The van der Waals surface area contributed by atoms with Crippen molar-refractivity contribution in [1.29, 1.82) is 0 Å². The third-order valence-electron chi connectivity index (χ3n) is 4.37. The maximum atomic E-state index is 12.7. The number of rotatable bonds is 2. The Balaban J connectivity index is 1.89. The average Bonchev–Trinajstić information content (AvgIpc) is 2.53. The van der Waals surface area contributed by atoms with Crippen LogP contribution in [0, 0.1) is 5.41 Å². The molecule has 1 fully saturated rings. The first kappa shape index (κ1) is 15.7. The van der Waals surface area contributed by atoms with Gasteiger partial charge in [0.2, 0.25) is 0 Å². The van der Waals surface area contributed by atoms with Crippen molar-refractivity contribution >= 4 is 34.4 Å². The number of halogens is 1. The minimum atomic E-state index is -0.895. The molecule has 2 heterocycles. The number of carbonyl (C=O) groups excluding carboxylic acids is 1. The van der Waals surface area contributed by atoms with Gasteiger partial charge in [-0.05, 0) is 38.0 Å². The van der Waals surface area contributed by atoms with E-state index in [-0.39, 0.29) is 12.5 Å². The molecule has 1 aromatic carbocycles. The van der Waals surface area contributed by atoms with Gasteiger partial charge in [0.15, 0.2) is 0 Å². The number of nitrogens with zero attached hydrogens (tertiary/aromatic N) is 2. The number of piperidine rings is 1. The highest BCUT2D eigenvalue weighted by Gasteiger charge is 2.39. The highest BCUT2D eigenvalue weighted by Crippen LogP contribution is 2.30. The highest BCUT2D eigenvalue weighted by molar-refractivity contribution is 6.31. The number of amides is 1. The molecule has 0 bridgehead atoms. The molecule has 0 spiro atoms. The zero-order chi connectivity index (χ0) is 16.6. The van der Waals surface area contributed by atoms with E-state index >= 15 is 0 Å². The van der Waals surface area contributed by atoms with Gasteiger partial charge in [-0.15, -0.1) is 0 Å². The lowest BCUT2D eigenvalue weighted by Crippen LogP contribution is -2.48. The number of aliphatic carboxylic acids is 1. The first-order chi connectivity index (χ1) is 10.9. The minimum absolute atomic E-state index is 0.205. The van der Waals surface area contributed by atoms with E-state index in [0.717, 1.165) is 5.39 Å². The number of fused-ring (bicyclic) bond motifs is 1. The molecule has 23 heavy (non-hydrogen) atoms. The van der Waals surface area contributed by atoms with Crippen LogP contribution in [0.4, 0.5) is 0 Å². The first-order valence-electron chi connectivity index (χ1n) is 7.48. The Labute approximate surface area is 138 Å². The molecule has 1 saturated heterocycles. The molecule has 0 saturated carbocycles. The zero-order valence-electron chi connectivity index (χ0n) is 12.8. The van der Waals surface area contributed by atoms with E-state index in [2.05, 4.69) is 4.98 Å². The number of carbonyl (C=O) groups is 2. The summed E-state index contributed by atoms with van der Waals surface area (Å²) in [5, 5.41) is 10.8. The van der Waals surface area contributed by atoms with Crippen molar-refractivity contribution in [1.82, 2.24) is 9.88 Å². The summed E-state index contributed by atoms with van der Waals surface area (Å²) in [6.07, 6.45) is 1.25. The van der Waals surface area contributed by atoms with Crippen molar-refractivity contribution in [2.24, 2.45) is 5.41 Å². The molecule has 6 heteroatoms. The second kappa shape index (κ2) is 5.81. The predicted octanol–water partition coefficient (Wildman–Crippen LogP) is 3.22. The lowest BCUT2D eigenvalue weighted by atomic mass is 9.82. The summed E-state index contributed by atoms with van der Waals surface area (Å²) >= 11 is 5.97. The number of aromatic nitrogens is 1. The second-order valence-electron chi connectivity index (χ2n) is 6.23. The molecule has 1 unspecified atom stereocenters. The van der Waals surface area contributed by atoms with Crippen LogP contribution in [0.3, 0.4) is 0 Å². The molecule has 1 atom stereocenters. The van der Waals surface area contributed by atoms with Crippen molar-refractivity contribution in [2.75, 3.05) is 13.1 Å². The van der Waals surface area contributed by atoms with E-state index in [1.54, 1.807) is 30.0 Å². The van der Waals surface area contributed by atoms with Crippen LogP contribution in [-0.2, 0) is 4.79 Å². The largest absolute Gasteiger partial charge is 0.481 e. The topological polar surface area (TPSA) is 70.5 Å². The summed E-state index contributed by atoms with van der Waals surface area (Å²) in [6.45, 7) is 2.44. The number of benzene rings is 1. The molecular formula is C17H17ClN2O3. The van der Waals surface area contributed by atoms with Gasteiger partial charge in [0.1, 0.15) is 5.69 Å². The van der Waals surface area contributed by atoms with Crippen molar-refractivity contribution in [2.45, 2.75) is 19.8 Å². The molecule has 1 aliphatic heterocycles. The number of hydrogen-bond acceptors (Lipinski definition) is 3. The number of hydrogen-bond donors (Lipinski definition) is 1. The Morgan fingerprint density at radius 2 is 2.04 bits per heavy atom. The molecule has 1 aliphatic rings. The summed E-state index contributed by atoms with van der Waals surface area (Å²) in [7, 11) is 0. The number of likely N-dealkylation sites (tertiary alicyclic amines) is 1. The third-order valence-corrected chi connectivity index (χ3v) is 4.61. The summed E-state index contributed by atoms with van der Waals surface area (Å²) in [4.78, 5) is 30.1. The van der Waals surface area contributed by atoms with E-state index in [9.17, 15) is 14.7 Å². The summed E-state index contributed by atoms with van der Waals surface area (Å²) in [6, 6.07) is 8.83. The van der Waals surface area contributed by atoms with Crippen molar-refractivity contribution in [3.63, 3.8) is 0 Å². The van der Waals surface area contributed by atoms with Gasteiger partial charge in [-0.25, -0.2) is 4.98 Å². The number of pyridine rings is 1. The Morgan fingerprint density at radius 1 is 1.30 bits per heavy atom. The van der Waals surface area contributed by atoms with Gasteiger partial charge in [0.25, 0.3) is 5.91 Å². The summed E-state index contributed by atoms with van der Waals surface area (Å²) < 4.78 is 0. The lowest BCUT2D eigenvalue weighted by molar-refractivity contribution is -0.150. The van der Waals surface area contributed by atoms with E-state index in [1.165, 1.54) is 0 Å². The molecule has 5 nitrogen and oxygen atoms in total. The van der Waals surface area contributed by atoms with Gasteiger partial charge in [-0.2, -0.15) is 0 Å². The van der Waals surface area contributed by atoms with Crippen LogP contribution >= 0.6 is 11.6 Å². The third kappa shape index (κ3) is 3.01. The first-order valence-corrected chi connectivity index (χ1v) is 7.86. The fraction of sp³-hybridized carbons (Fsp3) is 0.353. The standard InChI is InChI=1S/C17H17ClN2O3/c1-17(16(22)23)7-2-8-20(10-17)15(21)13-6-4-11-3-5-12(18)9-14(11)19-13/h3-6,9H,2,7-8,10H2,1H3,(H,22,23). The molecule has 1 N–H and O–H groups in total. The van der Waals surface area contributed by atoms with Crippen LogP contribution < -0.4 is 0 Å². The Hall–Kier alpha value is -2.14. The van der Waals surface area contributed by atoms with Gasteiger partial charge < -0.3 is 10.0 Å². The van der Waals surface area contributed by atoms with Gasteiger partial charge in [-0.1, -0.05) is 23.7 Å². The highest BCUT2D eigenvalue weighted by atomic mass is 35.5. The van der Waals surface area contributed by atoms with Crippen molar-refractivity contribution in [3.05, 3.63) is 41.0 Å². The predicted molar refractivity (Wildman–Crippen MR) is 87.6 cm³/mol. The summed E-state index contributed by atoms with van der Waals surface area (Å²) in [5.41, 5.74) is 0.0735. The lowest BCUT2D eigenvalue weighted by Gasteiger charge is -2.37. The maximum Gasteiger partial charge on any atom is 0.311 e. The Kier molecular flexibility index (Phi) is 3.98. The second-order valence-corrected chi connectivity index (χ2v) is 6.67. The van der Waals surface area contributed by atoms with Crippen LogP contribution in [0.1, 0.15) is 30.3 Å². The van der Waals surface area contributed by atoms with E-state index < -0.39 is 11.4 Å². The molecular weight excluding hydrogens is 316 g/mol. The monoisotopic (exact) mass is 332 g/mol. The van der Waals surface area contributed by atoms with Gasteiger partial charge in [-0.3, -0.25) is 9.59 Å². The zero-order valence-corrected chi connectivity index (χ0v) is 13.5. The average molecular weight is 333 g/mol. The Bertz CT molecular complexity index is 793. The van der Waals surface area contributed by atoms with Crippen molar-refractivity contribution in [3.8, 4) is 0 Å². The smallest absolute Gasteiger partial charge is 0.311 e. The van der Waals surface area contributed by atoms with Crippen LogP contribution in [0.25, 0.3) is 10.9 Å². The van der Waals surface area contributed by atoms with E-state index in [1.807, 2.05) is 12.1 Å². The van der Waals surface area contributed by atoms with E-state index in [4.69, 9.17) is 11.6 Å². The molecule has 120 valence electrons. The maximum absolute atomic E-state index is 12.7. The fourth-order valence-electron chi connectivity index (χ4n) is 2.96. The molecule has 1 aromatic heterocycles. The van der Waals surface area contributed by atoms with Crippen LogP contribution in [0.5, 0.6) is 0 Å². The number of carboxylic acids is 1. The molecule has 3 rings (SSSR count). The summed E-state index contributed by atoms with van der Waals surface area (Å²) in [5.74, 6) is -1.10. The minimum Gasteiger partial charge on any atom is -0.481 e. The van der Waals surface area contributed by atoms with Gasteiger partial charge >= 0.3 is 5.97 Å². The molecule has 2 aromatic rings. The fourth-order valence-corrected chi connectivity index (χ4v) is 3.13.